The van der Waals surface area contributed by atoms with Crippen molar-refractivity contribution >= 4 is 60.5 Å². The summed E-state index contributed by atoms with van der Waals surface area (Å²) in [6, 6.07) is 45.4. The highest BCUT2D eigenvalue weighted by Crippen LogP contribution is 2.55. The van der Waals surface area contributed by atoms with Crippen LogP contribution in [-0.2, 0) is 0 Å². The molecule has 2 atom stereocenters. The Bertz CT molecular complexity index is 2490. The third-order valence-electron chi connectivity index (χ3n) is 10.4. The van der Waals surface area contributed by atoms with Crippen LogP contribution >= 0.6 is 11.8 Å². The van der Waals surface area contributed by atoms with Crippen molar-refractivity contribution in [3.8, 4) is 22.3 Å². The van der Waals surface area contributed by atoms with Crippen LogP contribution in [0.1, 0.15) is 13.8 Å². The van der Waals surface area contributed by atoms with Crippen LogP contribution in [0.5, 0.6) is 0 Å². The molecular weight excluding hydrogens is 575 g/mol. The van der Waals surface area contributed by atoms with Crippen molar-refractivity contribution in [1.29, 1.82) is 0 Å². The summed E-state index contributed by atoms with van der Waals surface area (Å²) in [7, 11) is 0. The number of nitrogens with zero attached hydrogens (tertiary/aromatic N) is 1. The van der Waals surface area contributed by atoms with Gasteiger partial charge in [-0.1, -0.05) is 140 Å². The topological polar surface area (TPSA) is 3.24 Å². The molecule has 0 fully saturated rings. The van der Waals surface area contributed by atoms with E-state index in [4.69, 9.17) is 0 Å². The largest absolute Gasteiger partial charge is 0.316 e. The fraction of sp³-hybridized carbons (Fsp3) is 0.0909. The molecule has 0 radical (unpaired) electrons. The fourth-order valence-electron chi connectivity index (χ4n) is 8.24. The normalized spacial score (nSPS) is 18.5. The third-order valence-corrected chi connectivity index (χ3v) is 11.5. The monoisotopic (exact) mass is 605 g/mol. The summed E-state index contributed by atoms with van der Waals surface area (Å²) in [6.07, 6.45) is 7.19. The van der Waals surface area contributed by atoms with Crippen molar-refractivity contribution in [1.82, 2.24) is 0 Å². The summed E-state index contributed by atoms with van der Waals surface area (Å²) in [5.41, 5.74) is 9.24. The Hall–Kier alpha value is -5.05. The van der Waals surface area contributed by atoms with Crippen LogP contribution in [0, 0.1) is 11.8 Å². The van der Waals surface area contributed by atoms with Gasteiger partial charge in [-0.05, 0) is 96.4 Å². The van der Waals surface area contributed by atoms with Gasteiger partial charge in [0.05, 0.1) is 5.69 Å². The Balaban J connectivity index is 1.21. The minimum absolute atomic E-state index is 0.467. The van der Waals surface area contributed by atoms with Gasteiger partial charge in [0.1, 0.15) is 0 Å². The van der Waals surface area contributed by atoms with Crippen molar-refractivity contribution in [2.45, 2.75) is 18.7 Å². The van der Waals surface area contributed by atoms with E-state index in [-0.39, 0.29) is 0 Å². The Morgan fingerprint density at radius 2 is 1.15 bits per heavy atom. The Morgan fingerprint density at radius 1 is 0.587 bits per heavy atom. The second-order valence-electron chi connectivity index (χ2n) is 13.0. The van der Waals surface area contributed by atoms with Crippen LogP contribution in [0.3, 0.4) is 0 Å². The van der Waals surface area contributed by atoms with Gasteiger partial charge in [0.2, 0.25) is 0 Å². The molecule has 0 aromatic heterocycles. The zero-order valence-electron chi connectivity index (χ0n) is 25.8. The van der Waals surface area contributed by atoms with Gasteiger partial charge in [0.25, 0.3) is 0 Å². The van der Waals surface area contributed by atoms with Gasteiger partial charge in [0, 0.05) is 27.1 Å². The third kappa shape index (κ3) is 3.65. The van der Waals surface area contributed by atoms with Crippen LogP contribution < -0.4 is 4.90 Å². The lowest BCUT2D eigenvalue weighted by atomic mass is 9.85. The minimum Gasteiger partial charge on any atom is -0.316 e. The maximum Gasteiger partial charge on any atom is 0.0595 e. The van der Waals surface area contributed by atoms with Gasteiger partial charge in [-0.25, -0.2) is 0 Å². The first-order valence-corrected chi connectivity index (χ1v) is 17.0. The maximum atomic E-state index is 2.51. The molecule has 1 nitrogen and oxygen atoms in total. The first-order chi connectivity index (χ1) is 22.6. The summed E-state index contributed by atoms with van der Waals surface area (Å²) in [5, 5.41) is 10.3. The molecule has 2 heterocycles. The number of allylic oxidation sites excluding steroid dienone is 4. The van der Waals surface area contributed by atoms with E-state index in [1.54, 1.807) is 0 Å². The summed E-state index contributed by atoms with van der Waals surface area (Å²) < 4.78 is 0. The summed E-state index contributed by atoms with van der Waals surface area (Å²) in [5.74, 6) is 0.992. The Morgan fingerprint density at radius 3 is 1.85 bits per heavy atom. The molecule has 1 unspecified atom stereocenters. The highest BCUT2D eigenvalue weighted by atomic mass is 32.2. The average Bonchev–Trinajstić information content (AvgIpc) is 3.46. The standard InChI is InChI=1S/C44H31NS/c1-26-15-22-40-44-37(26)23-27(2)45(44)39-21-20-31(25-41(39)46-40)43-35-13-7-5-11-33(35)42(34-12-6-8-14-36(34)43)30-19-18-29-17-16-28-9-3-4-10-32(28)38(29)24-30/h3-26,37H,1-2H3/t26?,37-/m0/s1. The van der Waals surface area contributed by atoms with Crippen molar-refractivity contribution in [3.05, 3.63) is 156 Å². The first-order valence-electron chi connectivity index (χ1n) is 16.2. The van der Waals surface area contributed by atoms with E-state index >= 15 is 0 Å². The second kappa shape index (κ2) is 9.72. The van der Waals surface area contributed by atoms with Gasteiger partial charge < -0.3 is 4.90 Å². The lowest BCUT2D eigenvalue weighted by Crippen LogP contribution is -2.26. The SMILES string of the molecule is CC1=C[C@@H]2C3=C(C=CC2C)Sc2cc(-c4c5ccccc5c(-c5ccc6ccc7ccccc7c6c5)c5ccccc45)ccc2N13. The average molecular weight is 606 g/mol. The zero-order chi connectivity index (χ0) is 30.5. The van der Waals surface area contributed by atoms with Crippen molar-refractivity contribution in [2.24, 2.45) is 11.8 Å². The molecule has 2 heteroatoms. The summed E-state index contributed by atoms with van der Waals surface area (Å²) in [4.78, 5) is 5.22. The molecule has 218 valence electrons. The highest BCUT2D eigenvalue weighted by molar-refractivity contribution is 8.03. The molecule has 10 rings (SSSR count). The van der Waals surface area contributed by atoms with E-state index < -0.39 is 0 Å². The van der Waals surface area contributed by atoms with Gasteiger partial charge in [-0.2, -0.15) is 0 Å². The predicted molar refractivity (Wildman–Crippen MR) is 198 cm³/mol. The van der Waals surface area contributed by atoms with Crippen LogP contribution in [-0.4, -0.2) is 0 Å². The molecule has 0 saturated heterocycles. The minimum atomic E-state index is 0.467. The Kier molecular flexibility index (Phi) is 5.54. The maximum absolute atomic E-state index is 2.51. The predicted octanol–water partition coefficient (Wildman–Crippen LogP) is 12.5. The molecule has 0 bridgehead atoms. The van der Waals surface area contributed by atoms with Crippen molar-refractivity contribution < 1.29 is 0 Å². The number of hydrogen-bond acceptors (Lipinski definition) is 2. The molecule has 7 aromatic carbocycles. The van der Waals surface area contributed by atoms with Crippen LogP contribution in [0.15, 0.2) is 161 Å². The molecule has 3 aliphatic rings. The van der Waals surface area contributed by atoms with E-state index in [0.717, 1.165) is 0 Å². The van der Waals surface area contributed by atoms with Gasteiger partial charge in [-0.3, -0.25) is 0 Å². The number of rotatable bonds is 2. The van der Waals surface area contributed by atoms with E-state index in [1.165, 1.54) is 92.2 Å². The molecule has 0 spiro atoms. The lowest BCUT2D eigenvalue weighted by molar-refractivity contribution is 0.580. The number of hydrogen-bond donors (Lipinski definition) is 0. The van der Waals surface area contributed by atoms with Crippen LogP contribution in [0.2, 0.25) is 0 Å². The van der Waals surface area contributed by atoms with Crippen molar-refractivity contribution in [3.63, 3.8) is 0 Å². The number of anilines is 1. The molecule has 46 heavy (non-hydrogen) atoms. The van der Waals surface area contributed by atoms with Gasteiger partial charge >= 0.3 is 0 Å². The zero-order valence-corrected chi connectivity index (χ0v) is 26.6. The number of fused-ring (bicyclic) bond motifs is 7. The molecule has 7 aromatic rings. The Labute approximate surface area is 273 Å². The molecule has 1 aliphatic carbocycles. The van der Waals surface area contributed by atoms with Crippen LogP contribution in [0.25, 0.3) is 65.3 Å². The fourth-order valence-corrected chi connectivity index (χ4v) is 9.41. The van der Waals surface area contributed by atoms with E-state index in [9.17, 15) is 0 Å². The first kappa shape index (κ1) is 26.2. The van der Waals surface area contributed by atoms with Crippen molar-refractivity contribution in [2.75, 3.05) is 4.90 Å². The molecular formula is C44H31NS. The molecule has 0 amide bonds. The van der Waals surface area contributed by atoms with Gasteiger partial charge in [0.15, 0.2) is 0 Å². The molecule has 0 saturated carbocycles. The molecule has 2 aliphatic heterocycles. The second-order valence-corrected chi connectivity index (χ2v) is 14.1. The lowest BCUT2D eigenvalue weighted by Gasteiger charge is -2.36. The van der Waals surface area contributed by atoms with E-state index in [1.807, 2.05) is 11.8 Å². The molecule has 0 N–H and O–H groups in total. The summed E-state index contributed by atoms with van der Waals surface area (Å²) >= 11 is 1.93. The van der Waals surface area contributed by atoms with Gasteiger partial charge in [-0.15, -0.1) is 0 Å². The smallest absolute Gasteiger partial charge is 0.0595 e. The highest BCUT2D eigenvalue weighted by Gasteiger charge is 2.39. The van der Waals surface area contributed by atoms with E-state index in [2.05, 4.69) is 158 Å². The summed E-state index contributed by atoms with van der Waals surface area (Å²) in [6.45, 7) is 4.60. The quantitative estimate of drug-likeness (QED) is 0.142. The van der Waals surface area contributed by atoms with E-state index in [0.29, 0.717) is 11.8 Å². The number of thioether (sulfide) groups is 1. The van der Waals surface area contributed by atoms with Crippen LogP contribution in [0.4, 0.5) is 5.69 Å². The number of benzene rings is 7.